The lowest BCUT2D eigenvalue weighted by Gasteiger charge is -2.09. The number of hydrogen-bond acceptors (Lipinski definition) is 3. The van der Waals surface area contributed by atoms with E-state index in [9.17, 15) is 9.59 Å². The minimum absolute atomic E-state index is 0.172. The summed E-state index contributed by atoms with van der Waals surface area (Å²) in [5.41, 5.74) is 0.963. The predicted octanol–water partition coefficient (Wildman–Crippen LogP) is 2.84. The van der Waals surface area contributed by atoms with Crippen LogP contribution < -0.4 is 10.6 Å². The van der Waals surface area contributed by atoms with Gasteiger partial charge in [0.1, 0.15) is 11.5 Å². The molecule has 2 amide bonds. The molecule has 0 radical (unpaired) electrons. The quantitative estimate of drug-likeness (QED) is 0.803. The van der Waals surface area contributed by atoms with Crippen LogP contribution in [0, 0.1) is 0 Å². The number of rotatable bonds is 5. The molecule has 6 heteroatoms. The highest BCUT2D eigenvalue weighted by Gasteiger charge is 2.12. The maximum atomic E-state index is 12.2. The molecule has 0 aliphatic carbocycles. The zero-order valence-corrected chi connectivity index (χ0v) is 13.5. The Hall–Kier alpha value is -2.34. The van der Waals surface area contributed by atoms with E-state index >= 15 is 0 Å². The molecule has 0 fully saturated rings. The van der Waals surface area contributed by atoms with Crippen LogP contribution in [0.25, 0.3) is 6.08 Å². The fourth-order valence-electron chi connectivity index (χ4n) is 1.77. The van der Waals surface area contributed by atoms with E-state index in [2.05, 4.69) is 26.6 Å². The average Bonchev–Trinajstić information content (AvgIpc) is 2.99. The molecule has 0 aliphatic rings. The van der Waals surface area contributed by atoms with E-state index in [1.807, 2.05) is 24.3 Å². The van der Waals surface area contributed by atoms with Crippen molar-refractivity contribution in [3.05, 3.63) is 64.2 Å². The van der Waals surface area contributed by atoms with E-state index < -0.39 is 0 Å². The Morgan fingerprint density at radius 2 is 2.00 bits per heavy atom. The van der Waals surface area contributed by atoms with E-state index in [0.717, 1.165) is 10.0 Å². The second-order valence-electron chi connectivity index (χ2n) is 4.52. The standard InChI is InChI=1S/C16H15BrN2O3/c1-11(20)19-15(9-12-5-2-3-7-14(12)17)16(21)18-10-13-6-4-8-22-13/h2-9H,10H2,1H3,(H,18,21)(H,19,20)/b15-9+. The van der Waals surface area contributed by atoms with E-state index in [-0.39, 0.29) is 24.1 Å². The van der Waals surface area contributed by atoms with E-state index in [1.165, 1.54) is 13.2 Å². The molecule has 0 aliphatic heterocycles. The second kappa shape index (κ2) is 7.61. The Morgan fingerprint density at radius 1 is 1.23 bits per heavy atom. The number of hydrogen-bond donors (Lipinski definition) is 2. The molecule has 0 saturated carbocycles. The maximum absolute atomic E-state index is 12.2. The van der Waals surface area contributed by atoms with Gasteiger partial charge in [-0.05, 0) is 29.8 Å². The van der Waals surface area contributed by atoms with Gasteiger partial charge in [0, 0.05) is 11.4 Å². The Balaban J connectivity index is 2.16. The number of furan rings is 1. The third kappa shape index (κ3) is 4.60. The predicted molar refractivity (Wildman–Crippen MR) is 86.5 cm³/mol. The minimum Gasteiger partial charge on any atom is -0.467 e. The third-order valence-corrected chi connectivity index (χ3v) is 3.49. The van der Waals surface area contributed by atoms with Crippen molar-refractivity contribution in [3.63, 3.8) is 0 Å². The summed E-state index contributed by atoms with van der Waals surface area (Å²) in [7, 11) is 0. The lowest BCUT2D eigenvalue weighted by atomic mass is 10.2. The summed E-state index contributed by atoms with van der Waals surface area (Å²) in [6, 6.07) is 10.9. The fourth-order valence-corrected chi connectivity index (χ4v) is 2.17. The highest BCUT2D eigenvalue weighted by molar-refractivity contribution is 9.10. The van der Waals surface area contributed by atoms with Gasteiger partial charge in [-0.2, -0.15) is 0 Å². The van der Waals surface area contributed by atoms with Gasteiger partial charge in [0.25, 0.3) is 5.91 Å². The van der Waals surface area contributed by atoms with Crippen LogP contribution in [-0.2, 0) is 16.1 Å². The molecule has 0 spiro atoms. The van der Waals surface area contributed by atoms with Crippen molar-refractivity contribution in [2.75, 3.05) is 0 Å². The van der Waals surface area contributed by atoms with Crippen molar-refractivity contribution in [1.29, 1.82) is 0 Å². The molecule has 1 aromatic carbocycles. The Morgan fingerprint density at radius 3 is 2.64 bits per heavy atom. The Bertz CT molecular complexity index is 693. The maximum Gasteiger partial charge on any atom is 0.268 e. The van der Waals surface area contributed by atoms with Crippen LogP contribution in [0.15, 0.2) is 57.2 Å². The summed E-state index contributed by atoms with van der Waals surface area (Å²) >= 11 is 3.41. The van der Waals surface area contributed by atoms with Crippen LogP contribution in [0.4, 0.5) is 0 Å². The molecule has 2 rings (SSSR count). The fraction of sp³-hybridized carbons (Fsp3) is 0.125. The molecular weight excluding hydrogens is 348 g/mol. The van der Waals surface area contributed by atoms with Gasteiger partial charge in [0.2, 0.25) is 5.91 Å². The molecule has 0 saturated heterocycles. The molecule has 2 aromatic rings. The van der Waals surface area contributed by atoms with Crippen LogP contribution in [0.3, 0.4) is 0 Å². The average molecular weight is 363 g/mol. The van der Waals surface area contributed by atoms with Crippen LogP contribution in [-0.4, -0.2) is 11.8 Å². The van der Waals surface area contributed by atoms with E-state index in [1.54, 1.807) is 18.2 Å². The molecule has 114 valence electrons. The van der Waals surface area contributed by atoms with Crippen LogP contribution >= 0.6 is 15.9 Å². The first kappa shape index (κ1) is 16.0. The van der Waals surface area contributed by atoms with Crippen molar-refractivity contribution >= 4 is 33.8 Å². The van der Waals surface area contributed by atoms with Gasteiger partial charge in [0.15, 0.2) is 0 Å². The summed E-state index contributed by atoms with van der Waals surface area (Å²) in [6.45, 7) is 1.60. The van der Waals surface area contributed by atoms with E-state index in [4.69, 9.17) is 4.42 Å². The van der Waals surface area contributed by atoms with Crippen LogP contribution in [0.5, 0.6) is 0 Å². The summed E-state index contributed by atoms with van der Waals surface area (Å²) < 4.78 is 5.98. The summed E-state index contributed by atoms with van der Waals surface area (Å²) in [5.74, 6) is -0.0646. The van der Waals surface area contributed by atoms with Crippen molar-refractivity contribution in [1.82, 2.24) is 10.6 Å². The molecule has 5 nitrogen and oxygen atoms in total. The molecule has 0 unspecified atom stereocenters. The molecule has 0 bridgehead atoms. The Kier molecular flexibility index (Phi) is 5.55. The van der Waals surface area contributed by atoms with Crippen molar-refractivity contribution in [2.45, 2.75) is 13.5 Å². The summed E-state index contributed by atoms with van der Waals surface area (Å²) in [5, 5.41) is 5.24. The normalized spacial score (nSPS) is 11.1. The van der Waals surface area contributed by atoms with Gasteiger partial charge in [-0.1, -0.05) is 34.1 Å². The number of amides is 2. The third-order valence-electron chi connectivity index (χ3n) is 2.76. The van der Waals surface area contributed by atoms with Gasteiger partial charge >= 0.3 is 0 Å². The Labute approximate surface area is 136 Å². The minimum atomic E-state index is -0.387. The van der Waals surface area contributed by atoms with Crippen molar-refractivity contribution in [2.24, 2.45) is 0 Å². The zero-order chi connectivity index (χ0) is 15.9. The lowest BCUT2D eigenvalue weighted by Crippen LogP contribution is -2.33. The van der Waals surface area contributed by atoms with Gasteiger partial charge < -0.3 is 15.1 Å². The number of carbonyl (C=O) groups is 2. The zero-order valence-electron chi connectivity index (χ0n) is 11.9. The largest absolute Gasteiger partial charge is 0.467 e. The van der Waals surface area contributed by atoms with Crippen LogP contribution in [0.2, 0.25) is 0 Å². The molecule has 1 aromatic heterocycles. The SMILES string of the molecule is CC(=O)N/C(=C/c1ccccc1Br)C(=O)NCc1ccco1. The number of nitrogens with one attached hydrogen (secondary N) is 2. The highest BCUT2D eigenvalue weighted by Crippen LogP contribution is 2.18. The molecule has 0 atom stereocenters. The summed E-state index contributed by atoms with van der Waals surface area (Å²) in [4.78, 5) is 23.5. The van der Waals surface area contributed by atoms with Crippen LogP contribution in [0.1, 0.15) is 18.2 Å². The summed E-state index contributed by atoms with van der Waals surface area (Å²) in [6.07, 6.45) is 3.15. The first-order valence-electron chi connectivity index (χ1n) is 6.60. The van der Waals surface area contributed by atoms with Crippen molar-refractivity contribution < 1.29 is 14.0 Å². The highest BCUT2D eigenvalue weighted by atomic mass is 79.9. The van der Waals surface area contributed by atoms with Crippen molar-refractivity contribution in [3.8, 4) is 0 Å². The number of halogens is 1. The van der Waals surface area contributed by atoms with E-state index in [0.29, 0.717) is 5.76 Å². The van der Waals surface area contributed by atoms with Gasteiger partial charge in [0.05, 0.1) is 12.8 Å². The van der Waals surface area contributed by atoms with Gasteiger partial charge in [-0.3, -0.25) is 9.59 Å². The van der Waals surface area contributed by atoms with Gasteiger partial charge in [-0.25, -0.2) is 0 Å². The topological polar surface area (TPSA) is 71.3 Å². The number of benzene rings is 1. The first-order valence-corrected chi connectivity index (χ1v) is 7.40. The first-order chi connectivity index (χ1) is 10.6. The van der Waals surface area contributed by atoms with Gasteiger partial charge in [-0.15, -0.1) is 0 Å². The lowest BCUT2D eigenvalue weighted by molar-refractivity contribution is -0.122. The molecule has 2 N–H and O–H groups in total. The second-order valence-corrected chi connectivity index (χ2v) is 5.38. The molecule has 1 heterocycles. The smallest absolute Gasteiger partial charge is 0.268 e. The monoisotopic (exact) mass is 362 g/mol. The number of carbonyl (C=O) groups excluding carboxylic acids is 2. The molecular formula is C16H15BrN2O3. The molecule has 22 heavy (non-hydrogen) atoms.